The first-order valence-electron chi connectivity index (χ1n) is 9.99. The van der Waals surface area contributed by atoms with Crippen molar-refractivity contribution in [3.8, 4) is 28.5 Å². The molecule has 5 aromatic rings. The Balaban J connectivity index is 2.00. The minimum atomic E-state index is 0.631. The number of nitrogens with zero attached hydrogens (tertiary/aromatic N) is 2. The van der Waals surface area contributed by atoms with Crippen LogP contribution in [0.25, 0.3) is 44.3 Å². The van der Waals surface area contributed by atoms with Crippen LogP contribution in [-0.4, -0.2) is 0 Å². The summed E-state index contributed by atoms with van der Waals surface area (Å²) in [6.45, 7) is 4.21. The number of hydrogen-bond acceptors (Lipinski definition) is 2. The molecule has 3 aromatic carbocycles. The molecule has 0 aliphatic heterocycles. The van der Waals surface area contributed by atoms with Crippen LogP contribution in [0, 0.1) is 25.2 Å². The van der Waals surface area contributed by atoms with Crippen molar-refractivity contribution in [2.75, 3.05) is 0 Å². The molecule has 3 heteroatoms. The van der Waals surface area contributed by atoms with Crippen molar-refractivity contribution in [1.29, 1.82) is 5.26 Å². The van der Waals surface area contributed by atoms with Crippen molar-refractivity contribution >= 4 is 21.9 Å². The maximum Gasteiger partial charge on any atom is 0.216 e. The molecule has 0 aliphatic rings. The van der Waals surface area contributed by atoms with Gasteiger partial charge in [-0.1, -0.05) is 35.9 Å². The summed E-state index contributed by atoms with van der Waals surface area (Å²) in [5.74, 6) is 0. The van der Waals surface area contributed by atoms with Gasteiger partial charge in [0, 0.05) is 22.9 Å². The van der Waals surface area contributed by atoms with Crippen molar-refractivity contribution in [2.45, 2.75) is 13.8 Å². The van der Waals surface area contributed by atoms with Gasteiger partial charge in [0.05, 0.1) is 17.2 Å². The molecule has 0 N–H and O–H groups in total. The molecular formula is C27H21N2O+. The molecule has 5 rings (SSSR count). The lowest BCUT2D eigenvalue weighted by Gasteiger charge is -2.11. The van der Waals surface area contributed by atoms with Gasteiger partial charge in [0.2, 0.25) is 5.69 Å². The lowest BCUT2D eigenvalue weighted by Crippen LogP contribution is -2.30. The maximum atomic E-state index is 9.80. The van der Waals surface area contributed by atoms with E-state index in [4.69, 9.17) is 4.42 Å². The molecule has 0 spiro atoms. The van der Waals surface area contributed by atoms with Gasteiger partial charge in [0.25, 0.3) is 0 Å². The van der Waals surface area contributed by atoms with E-state index in [9.17, 15) is 5.26 Å². The Labute approximate surface area is 175 Å². The molecule has 0 bridgehead atoms. The van der Waals surface area contributed by atoms with Crippen molar-refractivity contribution < 1.29 is 8.98 Å². The largest absolute Gasteiger partial charge is 0.455 e. The highest BCUT2D eigenvalue weighted by Gasteiger charge is 2.24. The molecule has 0 amide bonds. The van der Waals surface area contributed by atoms with E-state index in [0.717, 1.165) is 49.9 Å². The van der Waals surface area contributed by atoms with Gasteiger partial charge in [-0.2, -0.15) is 5.26 Å². The minimum Gasteiger partial charge on any atom is -0.455 e. The first kappa shape index (κ1) is 18.1. The fraction of sp³-hybridized carbons (Fsp3) is 0.111. The summed E-state index contributed by atoms with van der Waals surface area (Å²) in [5, 5.41) is 11.7. The van der Waals surface area contributed by atoms with E-state index in [1.54, 1.807) is 0 Å². The Kier molecular flexibility index (Phi) is 4.15. The third kappa shape index (κ3) is 2.69. The predicted molar refractivity (Wildman–Crippen MR) is 120 cm³/mol. The molecule has 2 heterocycles. The summed E-state index contributed by atoms with van der Waals surface area (Å²) in [7, 11) is 2.04. The zero-order chi connectivity index (χ0) is 20.8. The molecule has 2 aromatic heterocycles. The minimum absolute atomic E-state index is 0.631. The van der Waals surface area contributed by atoms with Gasteiger partial charge in [-0.3, -0.25) is 0 Å². The second-order valence-corrected chi connectivity index (χ2v) is 7.78. The molecule has 144 valence electrons. The van der Waals surface area contributed by atoms with Crippen LogP contribution in [0.1, 0.15) is 16.7 Å². The normalized spacial score (nSPS) is 11.1. The van der Waals surface area contributed by atoms with E-state index in [0.29, 0.717) is 5.56 Å². The Morgan fingerprint density at radius 1 is 0.900 bits per heavy atom. The van der Waals surface area contributed by atoms with Crippen molar-refractivity contribution in [3.63, 3.8) is 0 Å². The van der Waals surface area contributed by atoms with Crippen LogP contribution in [-0.2, 0) is 7.05 Å². The molecule has 0 aliphatic carbocycles. The number of aromatic nitrogens is 1. The number of furan rings is 1. The topological polar surface area (TPSA) is 40.8 Å². The van der Waals surface area contributed by atoms with Gasteiger partial charge >= 0.3 is 0 Å². The summed E-state index contributed by atoms with van der Waals surface area (Å²) in [5.41, 5.74) is 8.89. The first-order chi connectivity index (χ1) is 14.6. The highest BCUT2D eigenvalue weighted by atomic mass is 16.3. The standard InChI is InChI=1S/C27H21N2O/c1-17-10-12-19(13-11-17)21-15-18(2)24(22-8-4-5-14-29(22)3)27-26(21)25-20(16-28)7-6-9-23(25)30-27/h4-15H,1-3H3/q+1. The third-order valence-electron chi connectivity index (χ3n) is 5.76. The van der Waals surface area contributed by atoms with Crippen LogP contribution in [0.5, 0.6) is 0 Å². The monoisotopic (exact) mass is 389 g/mol. The van der Waals surface area contributed by atoms with Gasteiger partial charge in [0.1, 0.15) is 18.2 Å². The molecule has 3 nitrogen and oxygen atoms in total. The number of nitriles is 1. The zero-order valence-corrected chi connectivity index (χ0v) is 17.2. The smallest absolute Gasteiger partial charge is 0.216 e. The highest BCUT2D eigenvalue weighted by molar-refractivity contribution is 6.18. The number of fused-ring (bicyclic) bond motifs is 3. The summed E-state index contributed by atoms with van der Waals surface area (Å²) in [6.07, 6.45) is 2.04. The molecule has 0 atom stereocenters. The predicted octanol–water partition coefficient (Wildman–Crippen LogP) is 6.23. The van der Waals surface area contributed by atoms with Crippen LogP contribution in [0.15, 0.2) is 77.3 Å². The van der Waals surface area contributed by atoms with E-state index >= 15 is 0 Å². The zero-order valence-electron chi connectivity index (χ0n) is 17.2. The quantitative estimate of drug-likeness (QED) is 0.336. The van der Waals surface area contributed by atoms with Gasteiger partial charge in [0.15, 0.2) is 6.20 Å². The first-order valence-corrected chi connectivity index (χ1v) is 9.99. The van der Waals surface area contributed by atoms with Crippen LogP contribution in [0.2, 0.25) is 0 Å². The van der Waals surface area contributed by atoms with E-state index in [-0.39, 0.29) is 0 Å². The van der Waals surface area contributed by atoms with Gasteiger partial charge in [-0.15, -0.1) is 0 Å². The van der Waals surface area contributed by atoms with Gasteiger partial charge in [-0.25, -0.2) is 4.57 Å². The van der Waals surface area contributed by atoms with Crippen LogP contribution < -0.4 is 4.57 Å². The summed E-state index contributed by atoms with van der Waals surface area (Å²) >= 11 is 0. The highest BCUT2D eigenvalue weighted by Crippen LogP contribution is 2.43. The summed E-state index contributed by atoms with van der Waals surface area (Å²) in [4.78, 5) is 0. The van der Waals surface area contributed by atoms with Gasteiger partial charge < -0.3 is 4.42 Å². The number of rotatable bonds is 2. The van der Waals surface area contributed by atoms with E-state index < -0.39 is 0 Å². The molecule has 30 heavy (non-hydrogen) atoms. The van der Waals surface area contributed by atoms with Crippen molar-refractivity contribution in [2.24, 2.45) is 7.05 Å². The fourth-order valence-electron chi connectivity index (χ4n) is 4.28. The van der Waals surface area contributed by atoms with E-state index in [1.807, 2.05) is 43.6 Å². The summed E-state index contributed by atoms with van der Waals surface area (Å²) < 4.78 is 8.54. The second kappa shape index (κ2) is 6.86. The van der Waals surface area contributed by atoms with E-state index in [2.05, 4.69) is 60.9 Å². The number of hydrogen-bond donors (Lipinski definition) is 0. The molecular weight excluding hydrogens is 368 g/mol. The molecule has 0 saturated heterocycles. The average Bonchev–Trinajstić information content (AvgIpc) is 3.14. The van der Waals surface area contributed by atoms with Crippen LogP contribution >= 0.6 is 0 Å². The molecule has 0 radical (unpaired) electrons. The average molecular weight is 389 g/mol. The second-order valence-electron chi connectivity index (χ2n) is 7.78. The van der Waals surface area contributed by atoms with Crippen LogP contribution in [0.4, 0.5) is 0 Å². The maximum absolute atomic E-state index is 9.80. The number of benzene rings is 3. The Hall–Kier alpha value is -3.90. The SMILES string of the molecule is Cc1ccc(-c2cc(C)c(-c3cccc[n+]3C)c3oc4cccc(C#N)c4c23)cc1. The van der Waals surface area contributed by atoms with Crippen molar-refractivity contribution in [1.82, 2.24) is 0 Å². The molecule has 0 fully saturated rings. The van der Waals surface area contributed by atoms with E-state index in [1.165, 1.54) is 5.56 Å². The molecule has 0 unspecified atom stereocenters. The lowest BCUT2D eigenvalue weighted by molar-refractivity contribution is -0.660. The lowest BCUT2D eigenvalue weighted by atomic mass is 9.91. The van der Waals surface area contributed by atoms with Crippen molar-refractivity contribution in [3.05, 3.63) is 89.6 Å². The third-order valence-corrected chi connectivity index (χ3v) is 5.76. The Morgan fingerprint density at radius 3 is 2.43 bits per heavy atom. The molecule has 0 saturated carbocycles. The van der Waals surface area contributed by atoms with Crippen LogP contribution in [0.3, 0.4) is 0 Å². The Morgan fingerprint density at radius 2 is 1.70 bits per heavy atom. The van der Waals surface area contributed by atoms with Gasteiger partial charge in [-0.05, 0) is 54.8 Å². The number of aryl methyl sites for hydroxylation is 3. The Bertz CT molecular complexity index is 1470. The fourth-order valence-corrected chi connectivity index (χ4v) is 4.28. The summed E-state index contributed by atoms with van der Waals surface area (Å²) in [6, 6.07) is 24.9. The number of pyridine rings is 1.